The summed E-state index contributed by atoms with van der Waals surface area (Å²) >= 11 is 5.94. The lowest BCUT2D eigenvalue weighted by atomic mass is 10.1. The second-order valence-corrected chi connectivity index (χ2v) is 8.14. The zero-order valence-corrected chi connectivity index (χ0v) is 21.9. The van der Waals surface area contributed by atoms with Gasteiger partial charge in [0.1, 0.15) is 17.2 Å². The highest BCUT2D eigenvalue weighted by Crippen LogP contribution is 2.37. The molecule has 0 aromatic heterocycles. The van der Waals surface area contributed by atoms with E-state index in [4.69, 9.17) is 35.4 Å². The zero-order valence-electron chi connectivity index (χ0n) is 21.1. The number of nitro benzene ring substituents is 1. The first-order chi connectivity index (χ1) is 18.3. The lowest BCUT2D eigenvalue weighted by molar-refractivity contribution is -0.385. The van der Waals surface area contributed by atoms with Crippen molar-refractivity contribution in [3.8, 4) is 11.5 Å². The normalized spacial score (nSPS) is 13.3. The Bertz CT molecular complexity index is 1240. The van der Waals surface area contributed by atoms with Gasteiger partial charge in [-0.3, -0.25) is 10.1 Å². The van der Waals surface area contributed by atoms with E-state index < -0.39 is 46.5 Å². The molecular formula is C24H24ClF3N2O9. The molecule has 2 aromatic rings. The van der Waals surface area contributed by atoms with Gasteiger partial charge < -0.3 is 23.8 Å². The highest BCUT2D eigenvalue weighted by Gasteiger charge is 2.31. The van der Waals surface area contributed by atoms with Crippen molar-refractivity contribution in [2.75, 3.05) is 20.3 Å². The number of benzene rings is 2. The topological polar surface area (TPSA) is 136 Å². The van der Waals surface area contributed by atoms with Gasteiger partial charge in [-0.1, -0.05) is 16.8 Å². The smallest absolute Gasteiger partial charge is 0.416 e. The summed E-state index contributed by atoms with van der Waals surface area (Å²) in [5.74, 6) is -1.89. The van der Waals surface area contributed by atoms with E-state index in [1.807, 2.05) is 0 Å². The number of halogens is 4. The molecule has 11 nitrogen and oxygen atoms in total. The van der Waals surface area contributed by atoms with Crippen LogP contribution in [0, 0.1) is 10.1 Å². The van der Waals surface area contributed by atoms with Crippen molar-refractivity contribution in [1.82, 2.24) is 0 Å². The number of hydrogen-bond acceptors (Lipinski definition) is 10. The molecule has 39 heavy (non-hydrogen) atoms. The van der Waals surface area contributed by atoms with Gasteiger partial charge >= 0.3 is 18.1 Å². The second-order valence-electron chi connectivity index (χ2n) is 7.73. The number of hydrogen-bond donors (Lipinski definition) is 0. The summed E-state index contributed by atoms with van der Waals surface area (Å²) in [5, 5.41) is 15.1. The van der Waals surface area contributed by atoms with Gasteiger partial charge in [0.05, 0.1) is 34.3 Å². The summed E-state index contributed by atoms with van der Waals surface area (Å²) in [5.41, 5.74) is -1.69. The molecule has 0 N–H and O–H groups in total. The standard InChI is InChI=1S/C24H24ClF3N2O9/c1-5-36-22(31)13(2)37-23(32)14(3)39-29-19(12-35-4)17-11-16(7-8-20(17)30(33)34)38-21-9-6-15(10-18(21)25)24(26,27)28/h6-11,13-14H,5,12H2,1-4H3. The van der Waals surface area contributed by atoms with Gasteiger partial charge in [-0.05, 0) is 51.1 Å². The Morgan fingerprint density at radius 3 is 2.36 bits per heavy atom. The van der Waals surface area contributed by atoms with Crippen molar-refractivity contribution in [1.29, 1.82) is 0 Å². The fourth-order valence-corrected chi connectivity index (χ4v) is 3.13. The molecule has 0 aliphatic rings. The molecule has 2 aromatic carbocycles. The average Bonchev–Trinajstić information content (AvgIpc) is 2.86. The van der Waals surface area contributed by atoms with E-state index in [0.717, 1.165) is 18.2 Å². The maximum Gasteiger partial charge on any atom is 0.416 e. The summed E-state index contributed by atoms with van der Waals surface area (Å²) in [6.07, 6.45) is -7.16. The molecule has 2 atom stereocenters. The lowest BCUT2D eigenvalue weighted by Crippen LogP contribution is -2.31. The number of nitrogens with zero attached hydrogens (tertiary/aromatic N) is 2. The van der Waals surface area contributed by atoms with Gasteiger partial charge in [0, 0.05) is 13.2 Å². The highest BCUT2D eigenvalue weighted by atomic mass is 35.5. The van der Waals surface area contributed by atoms with Crippen molar-refractivity contribution in [3.63, 3.8) is 0 Å². The van der Waals surface area contributed by atoms with E-state index in [-0.39, 0.29) is 41.0 Å². The van der Waals surface area contributed by atoms with E-state index in [1.54, 1.807) is 6.92 Å². The SMILES string of the molecule is CCOC(=O)C(C)OC(=O)C(C)ON=C(COC)c1cc(Oc2ccc(C(F)(F)F)cc2Cl)ccc1[N+](=O)[O-]. The summed E-state index contributed by atoms with van der Waals surface area (Å²) in [4.78, 5) is 40.0. The number of carbonyl (C=O) groups excluding carboxylic acids is 2. The Labute approximate surface area is 225 Å². The van der Waals surface area contributed by atoms with Gasteiger partial charge in [0.2, 0.25) is 6.10 Å². The summed E-state index contributed by atoms with van der Waals surface area (Å²) in [6.45, 7) is 3.94. The molecule has 0 aliphatic heterocycles. The number of carbonyl (C=O) groups is 2. The Morgan fingerprint density at radius 2 is 1.79 bits per heavy atom. The number of alkyl halides is 3. The van der Waals surface area contributed by atoms with E-state index in [9.17, 15) is 32.9 Å². The summed E-state index contributed by atoms with van der Waals surface area (Å²) < 4.78 is 59.1. The molecule has 0 saturated heterocycles. The molecule has 0 fully saturated rings. The fourth-order valence-electron chi connectivity index (χ4n) is 2.91. The van der Waals surface area contributed by atoms with Crippen LogP contribution in [0.4, 0.5) is 18.9 Å². The third-order valence-corrected chi connectivity index (χ3v) is 5.10. The van der Waals surface area contributed by atoms with Crippen molar-refractivity contribution in [3.05, 3.63) is 62.7 Å². The predicted molar refractivity (Wildman–Crippen MR) is 131 cm³/mol. The van der Waals surface area contributed by atoms with Crippen LogP contribution in [0.25, 0.3) is 0 Å². The Balaban J connectivity index is 2.33. The molecule has 0 aliphatic carbocycles. The first-order valence-electron chi connectivity index (χ1n) is 11.2. The summed E-state index contributed by atoms with van der Waals surface area (Å²) in [7, 11) is 1.28. The minimum Gasteiger partial charge on any atom is -0.463 e. The summed E-state index contributed by atoms with van der Waals surface area (Å²) in [6, 6.07) is 5.91. The minimum atomic E-state index is -4.62. The van der Waals surface area contributed by atoms with Crippen LogP contribution in [0.3, 0.4) is 0 Å². The Kier molecular flexibility index (Phi) is 11.0. The first kappa shape index (κ1) is 31.3. The molecule has 2 unspecified atom stereocenters. The Morgan fingerprint density at radius 1 is 1.10 bits per heavy atom. The Hall–Kier alpha value is -3.91. The van der Waals surface area contributed by atoms with Crippen LogP contribution in [0.2, 0.25) is 5.02 Å². The highest BCUT2D eigenvalue weighted by molar-refractivity contribution is 6.32. The van der Waals surface area contributed by atoms with Gasteiger partial charge in [0.15, 0.2) is 6.10 Å². The molecule has 0 bridgehead atoms. The average molecular weight is 577 g/mol. The number of oxime groups is 1. The van der Waals surface area contributed by atoms with Crippen LogP contribution in [0.1, 0.15) is 31.9 Å². The van der Waals surface area contributed by atoms with Crippen molar-refractivity contribution >= 4 is 34.9 Å². The number of nitro groups is 1. The molecule has 0 heterocycles. The second kappa shape index (κ2) is 13.8. The quantitative estimate of drug-likeness (QED) is 0.142. The van der Waals surface area contributed by atoms with Gasteiger partial charge in [-0.2, -0.15) is 13.2 Å². The van der Waals surface area contributed by atoms with Crippen LogP contribution in [-0.4, -0.2) is 55.1 Å². The van der Waals surface area contributed by atoms with Gasteiger partial charge in [-0.15, -0.1) is 0 Å². The molecule has 212 valence electrons. The van der Waals surface area contributed by atoms with E-state index >= 15 is 0 Å². The van der Waals surface area contributed by atoms with Crippen molar-refractivity contribution in [2.45, 2.75) is 39.2 Å². The maximum atomic E-state index is 12.9. The first-order valence-corrected chi connectivity index (χ1v) is 11.6. The van der Waals surface area contributed by atoms with Crippen LogP contribution < -0.4 is 4.74 Å². The third-order valence-electron chi connectivity index (χ3n) is 4.81. The molecule has 2 rings (SSSR count). The van der Waals surface area contributed by atoms with E-state index in [0.29, 0.717) is 6.07 Å². The van der Waals surface area contributed by atoms with E-state index in [1.165, 1.54) is 33.1 Å². The zero-order chi connectivity index (χ0) is 29.3. The largest absolute Gasteiger partial charge is 0.463 e. The fraction of sp³-hybridized carbons (Fsp3) is 0.375. The molecular weight excluding hydrogens is 553 g/mol. The molecule has 0 saturated carbocycles. The number of ether oxygens (including phenoxy) is 4. The van der Waals surface area contributed by atoms with Crippen LogP contribution in [-0.2, 0) is 34.8 Å². The molecule has 0 amide bonds. The number of methoxy groups -OCH3 is 1. The number of esters is 2. The van der Waals surface area contributed by atoms with Crippen LogP contribution in [0.15, 0.2) is 41.6 Å². The maximum absolute atomic E-state index is 12.9. The van der Waals surface area contributed by atoms with Gasteiger partial charge in [-0.25, -0.2) is 9.59 Å². The van der Waals surface area contributed by atoms with Crippen molar-refractivity contribution < 1.29 is 51.5 Å². The number of rotatable bonds is 12. The lowest BCUT2D eigenvalue weighted by Gasteiger charge is -2.15. The predicted octanol–water partition coefficient (Wildman–Crippen LogP) is 5.31. The monoisotopic (exact) mass is 576 g/mol. The van der Waals surface area contributed by atoms with Crippen molar-refractivity contribution in [2.24, 2.45) is 5.16 Å². The third kappa shape index (κ3) is 8.82. The molecule has 0 radical (unpaired) electrons. The minimum absolute atomic E-state index is 0.0308. The molecule has 0 spiro atoms. The van der Waals surface area contributed by atoms with Crippen LogP contribution in [0.5, 0.6) is 11.5 Å². The molecule has 15 heteroatoms. The van der Waals surface area contributed by atoms with Gasteiger partial charge in [0.25, 0.3) is 5.69 Å². The van der Waals surface area contributed by atoms with E-state index in [2.05, 4.69) is 5.16 Å². The van der Waals surface area contributed by atoms with Crippen LogP contribution >= 0.6 is 11.6 Å².